The van der Waals surface area contributed by atoms with Gasteiger partial charge >= 0.3 is 0 Å². The molecule has 0 saturated heterocycles. The zero-order valence-electron chi connectivity index (χ0n) is 11.0. The van der Waals surface area contributed by atoms with E-state index in [4.69, 9.17) is 4.74 Å². The first-order chi connectivity index (χ1) is 8.22. The van der Waals surface area contributed by atoms with Crippen LogP contribution in [0.2, 0.25) is 0 Å². The minimum Gasteiger partial charge on any atom is -0.501 e. The van der Waals surface area contributed by atoms with Crippen molar-refractivity contribution >= 4 is 11.6 Å². The third-order valence-corrected chi connectivity index (χ3v) is 1.80. The van der Waals surface area contributed by atoms with E-state index in [9.17, 15) is 4.79 Å². The Hall–Kier alpha value is -1.77. The van der Waals surface area contributed by atoms with Gasteiger partial charge < -0.3 is 10.1 Å². The molecule has 0 bridgehead atoms. The largest absolute Gasteiger partial charge is 0.501 e. The lowest BCUT2D eigenvalue weighted by molar-refractivity contribution is -0.112. The lowest BCUT2D eigenvalue weighted by atomic mass is 10.2. The molecular formula is C14H21NO2. The molecule has 3 nitrogen and oxygen atoms in total. The summed E-state index contributed by atoms with van der Waals surface area (Å²) in [6, 6.07) is 7.62. The molecule has 0 aliphatic heterocycles. The molecule has 0 aliphatic carbocycles. The van der Waals surface area contributed by atoms with Gasteiger partial charge in [0.05, 0.1) is 12.9 Å². The summed E-state index contributed by atoms with van der Waals surface area (Å²) >= 11 is 0. The van der Waals surface area contributed by atoms with Gasteiger partial charge in [0.2, 0.25) is 0 Å². The van der Waals surface area contributed by atoms with Crippen molar-refractivity contribution in [2.45, 2.75) is 27.7 Å². The van der Waals surface area contributed by atoms with Crippen molar-refractivity contribution in [2.75, 3.05) is 11.9 Å². The predicted molar refractivity (Wildman–Crippen MR) is 71.9 cm³/mol. The van der Waals surface area contributed by atoms with Crippen molar-refractivity contribution in [3.8, 4) is 0 Å². The highest BCUT2D eigenvalue weighted by Crippen LogP contribution is 2.08. The molecular weight excluding hydrogens is 214 g/mol. The van der Waals surface area contributed by atoms with Crippen molar-refractivity contribution in [3.05, 3.63) is 42.2 Å². The van der Waals surface area contributed by atoms with Crippen molar-refractivity contribution in [1.29, 1.82) is 0 Å². The van der Waals surface area contributed by atoms with Crippen LogP contribution in [0, 0.1) is 6.92 Å². The summed E-state index contributed by atoms with van der Waals surface area (Å²) in [7, 11) is 0. The third kappa shape index (κ3) is 7.17. The van der Waals surface area contributed by atoms with Crippen molar-refractivity contribution in [3.63, 3.8) is 0 Å². The van der Waals surface area contributed by atoms with Gasteiger partial charge in [-0.15, -0.1) is 0 Å². The molecule has 0 radical (unpaired) electrons. The predicted octanol–water partition coefficient (Wildman–Crippen LogP) is 3.51. The van der Waals surface area contributed by atoms with Crippen LogP contribution in [-0.4, -0.2) is 12.5 Å². The molecule has 0 heterocycles. The van der Waals surface area contributed by atoms with Crippen LogP contribution < -0.4 is 5.32 Å². The minimum absolute atomic E-state index is 0.188. The second-order valence-electron chi connectivity index (χ2n) is 3.11. The molecule has 1 aromatic rings. The van der Waals surface area contributed by atoms with Crippen molar-refractivity contribution < 1.29 is 9.53 Å². The van der Waals surface area contributed by atoms with Gasteiger partial charge in [0.25, 0.3) is 5.91 Å². The number of ether oxygens (including phenoxy) is 1. The van der Waals surface area contributed by atoms with Gasteiger partial charge in [0, 0.05) is 11.8 Å². The van der Waals surface area contributed by atoms with E-state index in [1.54, 1.807) is 0 Å². The van der Waals surface area contributed by atoms with Gasteiger partial charge in [-0.3, -0.25) is 4.79 Å². The molecule has 1 aromatic carbocycles. The summed E-state index contributed by atoms with van der Waals surface area (Å²) < 4.78 is 4.92. The second-order valence-corrected chi connectivity index (χ2v) is 3.11. The Morgan fingerprint density at radius 1 is 1.29 bits per heavy atom. The van der Waals surface area contributed by atoms with E-state index in [0.717, 1.165) is 11.3 Å². The van der Waals surface area contributed by atoms with E-state index in [-0.39, 0.29) is 5.91 Å². The van der Waals surface area contributed by atoms with Crippen LogP contribution in [0.5, 0.6) is 0 Å². The lowest BCUT2D eigenvalue weighted by Crippen LogP contribution is -2.07. The first-order valence-corrected chi connectivity index (χ1v) is 5.88. The molecule has 0 aromatic heterocycles. The van der Waals surface area contributed by atoms with E-state index in [2.05, 4.69) is 5.32 Å². The fourth-order valence-electron chi connectivity index (χ4n) is 1.03. The van der Waals surface area contributed by atoms with E-state index in [1.165, 1.54) is 12.3 Å². The highest BCUT2D eigenvalue weighted by molar-refractivity contribution is 5.99. The first-order valence-electron chi connectivity index (χ1n) is 5.88. The normalized spacial score (nSPS) is 9.41. The van der Waals surface area contributed by atoms with E-state index in [1.807, 2.05) is 52.0 Å². The highest BCUT2D eigenvalue weighted by Gasteiger charge is 1.96. The van der Waals surface area contributed by atoms with Gasteiger partial charge in [0.15, 0.2) is 0 Å². The Morgan fingerprint density at radius 2 is 1.88 bits per heavy atom. The number of hydrogen-bond donors (Lipinski definition) is 1. The van der Waals surface area contributed by atoms with E-state index in [0.29, 0.717) is 6.61 Å². The number of amides is 1. The zero-order valence-corrected chi connectivity index (χ0v) is 11.0. The number of anilines is 1. The Balaban J connectivity index is 0.00000121. The van der Waals surface area contributed by atoms with Crippen LogP contribution in [0.3, 0.4) is 0 Å². The average molecular weight is 235 g/mol. The number of hydrogen-bond acceptors (Lipinski definition) is 2. The highest BCUT2D eigenvalue weighted by atomic mass is 16.5. The van der Waals surface area contributed by atoms with Crippen LogP contribution in [0.4, 0.5) is 5.69 Å². The standard InChI is InChI=1S/C12H15NO2.C2H6/c1-3-15-9-8-12(14)13-11-6-4-10(2)5-7-11;1-2/h4-9H,3H2,1-2H3,(H,13,14);1-2H3/b9-8+;. The van der Waals surface area contributed by atoms with Gasteiger partial charge in [0.1, 0.15) is 0 Å². The van der Waals surface area contributed by atoms with Crippen LogP contribution in [0.15, 0.2) is 36.6 Å². The quantitative estimate of drug-likeness (QED) is 0.640. The number of carbonyl (C=O) groups is 1. The van der Waals surface area contributed by atoms with Crippen LogP contribution in [-0.2, 0) is 9.53 Å². The molecule has 0 aliphatic rings. The molecule has 1 amide bonds. The minimum atomic E-state index is -0.188. The molecule has 0 fully saturated rings. The molecule has 94 valence electrons. The van der Waals surface area contributed by atoms with Crippen LogP contribution in [0.1, 0.15) is 26.3 Å². The summed E-state index contributed by atoms with van der Waals surface area (Å²) in [6.07, 6.45) is 2.76. The number of benzene rings is 1. The average Bonchev–Trinajstić information content (AvgIpc) is 2.35. The zero-order chi connectivity index (χ0) is 13.1. The summed E-state index contributed by atoms with van der Waals surface area (Å²) in [4.78, 5) is 11.3. The van der Waals surface area contributed by atoms with E-state index < -0.39 is 0 Å². The monoisotopic (exact) mass is 235 g/mol. The van der Waals surface area contributed by atoms with Gasteiger partial charge in [-0.1, -0.05) is 31.5 Å². The molecule has 0 spiro atoms. The maximum atomic E-state index is 11.3. The van der Waals surface area contributed by atoms with Gasteiger partial charge in [-0.2, -0.15) is 0 Å². The molecule has 0 atom stereocenters. The summed E-state index contributed by atoms with van der Waals surface area (Å²) in [6.45, 7) is 8.43. The smallest absolute Gasteiger partial charge is 0.251 e. The Morgan fingerprint density at radius 3 is 2.41 bits per heavy atom. The molecule has 1 rings (SSSR count). The molecule has 0 unspecified atom stereocenters. The third-order valence-electron chi connectivity index (χ3n) is 1.80. The van der Waals surface area contributed by atoms with Crippen LogP contribution in [0.25, 0.3) is 0 Å². The topological polar surface area (TPSA) is 38.3 Å². The molecule has 3 heteroatoms. The number of aryl methyl sites for hydroxylation is 1. The Labute approximate surface area is 103 Å². The van der Waals surface area contributed by atoms with Crippen molar-refractivity contribution in [2.24, 2.45) is 0 Å². The molecule has 17 heavy (non-hydrogen) atoms. The number of nitrogens with one attached hydrogen (secondary N) is 1. The fourth-order valence-corrected chi connectivity index (χ4v) is 1.03. The fraction of sp³-hybridized carbons (Fsp3) is 0.357. The lowest BCUT2D eigenvalue weighted by Gasteiger charge is -2.01. The number of rotatable bonds is 4. The van der Waals surface area contributed by atoms with Crippen molar-refractivity contribution in [1.82, 2.24) is 0 Å². The first kappa shape index (κ1) is 15.2. The maximum absolute atomic E-state index is 11.3. The van der Waals surface area contributed by atoms with Gasteiger partial charge in [-0.05, 0) is 26.0 Å². The molecule has 0 saturated carbocycles. The summed E-state index contributed by atoms with van der Waals surface area (Å²) in [5.41, 5.74) is 1.95. The van der Waals surface area contributed by atoms with Gasteiger partial charge in [-0.25, -0.2) is 0 Å². The molecule has 1 N–H and O–H groups in total. The Kier molecular flexibility index (Phi) is 8.47. The summed E-state index contributed by atoms with van der Waals surface area (Å²) in [5, 5.41) is 2.72. The van der Waals surface area contributed by atoms with E-state index >= 15 is 0 Å². The second kappa shape index (κ2) is 9.46. The SMILES string of the molecule is CC.CCO/C=C/C(=O)Nc1ccc(C)cc1. The summed E-state index contributed by atoms with van der Waals surface area (Å²) in [5.74, 6) is -0.188. The van der Waals surface area contributed by atoms with Crippen LogP contribution >= 0.6 is 0 Å². The maximum Gasteiger partial charge on any atom is 0.251 e. The Bertz CT molecular complexity index is 342. The number of carbonyl (C=O) groups excluding carboxylic acids is 1.